The predicted octanol–water partition coefficient (Wildman–Crippen LogP) is 0.714. The van der Waals surface area contributed by atoms with Gasteiger partial charge in [0.05, 0.1) is 6.54 Å². The number of methoxy groups -OCH3 is 1. The molecule has 3 rings (SSSR count). The van der Waals surface area contributed by atoms with Crippen molar-refractivity contribution < 1.29 is 19.1 Å². The minimum absolute atomic E-state index is 0.0914. The molecule has 2 aromatic carbocycles. The fraction of sp³-hybridized carbons (Fsp3) is 0.250. The van der Waals surface area contributed by atoms with E-state index in [1.807, 2.05) is 30.3 Å². The molecule has 5 N–H and O–H groups in total. The highest BCUT2D eigenvalue weighted by Crippen LogP contribution is 2.19. The van der Waals surface area contributed by atoms with Crippen molar-refractivity contribution in [1.29, 1.82) is 0 Å². The molecule has 184 valence electrons. The van der Waals surface area contributed by atoms with Crippen LogP contribution >= 0.6 is 0 Å². The van der Waals surface area contributed by atoms with Crippen molar-refractivity contribution in [3.8, 4) is 5.75 Å². The number of H-pyrrole nitrogens is 1. The summed E-state index contributed by atoms with van der Waals surface area (Å²) in [6.07, 6.45) is 0.399. The molecule has 0 bridgehead atoms. The number of amides is 2. The number of hydrogen-bond acceptors (Lipinski definition) is 7. The van der Waals surface area contributed by atoms with Gasteiger partial charge >= 0.3 is 5.69 Å². The molecular weight excluding hydrogens is 454 g/mol. The number of nitrogens with zero attached hydrogens (tertiary/aromatic N) is 2. The van der Waals surface area contributed by atoms with Gasteiger partial charge in [-0.1, -0.05) is 36.4 Å². The molecule has 0 radical (unpaired) electrons. The molecule has 1 aromatic heterocycles. The van der Waals surface area contributed by atoms with Crippen LogP contribution in [0, 0.1) is 0 Å². The quantitative estimate of drug-likeness (QED) is 0.340. The zero-order valence-corrected chi connectivity index (χ0v) is 19.2. The SMILES string of the molecule is COCCCN(C(=O)COc1cccc(C(N)=O)c1)c1c(N)n(Cc2ccccc2)c(=O)[nH]c1=O. The van der Waals surface area contributed by atoms with E-state index in [-0.39, 0.29) is 35.9 Å². The van der Waals surface area contributed by atoms with Crippen LogP contribution in [-0.4, -0.2) is 48.2 Å². The second-order valence-corrected chi connectivity index (χ2v) is 7.64. The van der Waals surface area contributed by atoms with Crippen molar-refractivity contribution in [2.24, 2.45) is 5.73 Å². The first-order valence-electron chi connectivity index (χ1n) is 10.8. The average Bonchev–Trinajstić information content (AvgIpc) is 2.85. The summed E-state index contributed by atoms with van der Waals surface area (Å²) in [5, 5.41) is 0. The molecule has 0 atom stereocenters. The third kappa shape index (κ3) is 6.36. The van der Waals surface area contributed by atoms with Crippen LogP contribution in [-0.2, 0) is 16.1 Å². The van der Waals surface area contributed by atoms with Crippen LogP contribution in [0.5, 0.6) is 5.75 Å². The van der Waals surface area contributed by atoms with Crippen molar-refractivity contribution in [3.63, 3.8) is 0 Å². The summed E-state index contributed by atoms with van der Waals surface area (Å²) < 4.78 is 11.8. The highest BCUT2D eigenvalue weighted by Gasteiger charge is 2.24. The van der Waals surface area contributed by atoms with Gasteiger partial charge in [0.25, 0.3) is 11.5 Å². The summed E-state index contributed by atoms with van der Waals surface area (Å²) in [6.45, 7) is 0.0681. The second-order valence-electron chi connectivity index (χ2n) is 7.64. The summed E-state index contributed by atoms with van der Waals surface area (Å²) >= 11 is 0. The van der Waals surface area contributed by atoms with E-state index in [2.05, 4.69) is 4.98 Å². The van der Waals surface area contributed by atoms with Crippen molar-refractivity contribution >= 4 is 23.3 Å². The number of nitrogens with two attached hydrogens (primary N) is 2. The molecule has 0 saturated heterocycles. The smallest absolute Gasteiger partial charge is 0.330 e. The molecule has 2 amide bonds. The van der Waals surface area contributed by atoms with E-state index in [9.17, 15) is 19.2 Å². The molecule has 0 saturated carbocycles. The van der Waals surface area contributed by atoms with Gasteiger partial charge in [-0.3, -0.25) is 23.9 Å². The normalized spacial score (nSPS) is 10.7. The van der Waals surface area contributed by atoms with E-state index in [4.69, 9.17) is 20.9 Å². The summed E-state index contributed by atoms with van der Waals surface area (Å²) in [4.78, 5) is 53.3. The topological polar surface area (TPSA) is 163 Å². The maximum Gasteiger partial charge on any atom is 0.330 e. The average molecular weight is 482 g/mol. The van der Waals surface area contributed by atoms with Gasteiger partial charge in [-0.25, -0.2) is 4.79 Å². The fourth-order valence-electron chi connectivity index (χ4n) is 3.45. The van der Waals surface area contributed by atoms with Gasteiger partial charge in [0, 0.05) is 25.8 Å². The Bertz CT molecular complexity index is 1300. The van der Waals surface area contributed by atoms with Crippen LogP contribution in [0.25, 0.3) is 0 Å². The minimum Gasteiger partial charge on any atom is -0.484 e. The number of primary amides is 1. The zero-order chi connectivity index (χ0) is 25.4. The second kappa shape index (κ2) is 11.7. The fourth-order valence-corrected chi connectivity index (χ4v) is 3.45. The Labute approximate surface area is 200 Å². The van der Waals surface area contributed by atoms with Gasteiger partial charge in [0.2, 0.25) is 5.91 Å². The lowest BCUT2D eigenvalue weighted by atomic mass is 10.2. The molecule has 11 heteroatoms. The van der Waals surface area contributed by atoms with Crippen LogP contribution in [0.1, 0.15) is 22.3 Å². The standard InChI is InChI=1S/C24H27N5O6/c1-34-12-6-11-28(19(30)15-35-18-10-5-9-17(13-18)22(26)31)20-21(25)29(24(33)27-23(20)32)14-16-7-3-2-4-8-16/h2-5,7-10,13H,6,11-12,14-15,25H2,1H3,(H2,26,31)(H,27,32,33). The number of anilines is 2. The third-order valence-electron chi connectivity index (χ3n) is 5.18. The number of rotatable bonds is 11. The number of nitrogen functional groups attached to an aromatic ring is 1. The van der Waals surface area contributed by atoms with Crippen LogP contribution in [0.15, 0.2) is 64.2 Å². The Morgan fingerprint density at radius 3 is 2.51 bits per heavy atom. The Morgan fingerprint density at radius 1 is 1.09 bits per heavy atom. The number of nitrogens with one attached hydrogen (secondary N) is 1. The van der Waals surface area contributed by atoms with Gasteiger partial charge in [-0.05, 0) is 30.2 Å². The lowest BCUT2D eigenvalue weighted by Crippen LogP contribution is -2.43. The van der Waals surface area contributed by atoms with E-state index in [1.54, 1.807) is 12.1 Å². The predicted molar refractivity (Wildman–Crippen MR) is 131 cm³/mol. The molecule has 0 aliphatic rings. The summed E-state index contributed by atoms with van der Waals surface area (Å²) in [5.41, 5.74) is 10.9. The van der Waals surface area contributed by atoms with Crippen LogP contribution in [0.2, 0.25) is 0 Å². The largest absolute Gasteiger partial charge is 0.484 e. The van der Waals surface area contributed by atoms with Crippen LogP contribution < -0.4 is 32.4 Å². The number of hydrogen-bond donors (Lipinski definition) is 3. The maximum atomic E-state index is 13.2. The first-order chi connectivity index (χ1) is 16.8. The molecule has 3 aromatic rings. The van der Waals surface area contributed by atoms with E-state index < -0.39 is 29.7 Å². The van der Waals surface area contributed by atoms with E-state index >= 15 is 0 Å². The Hall–Kier alpha value is -4.38. The van der Waals surface area contributed by atoms with Gasteiger partial charge < -0.3 is 25.8 Å². The monoisotopic (exact) mass is 481 g/mol. The summed E-state index contributed by atoms with van der Waals surface area (Å²) in [5.74, 6) is -1.11. The number of ether oxygens (including phenoxy) is 2. The Morgan fingerprint density at radius 2 is 1.83 bits per heavy atom. The molecule has 35 heavy (non-hydrogen) atoms. The van der Waals surface area contributed by atoms with E-state index in [0.29, 0.717) is 13.0 Å². The Balaban J connectivity index is 1.92. The first kappa shape index (κ1) is 25.2. The number of benzene rings is 2. The number of aromatic amines is 1. The number of carbonyl (C=O) groups is 2. The molecule has 0 aliphatic carbocycles. The highest BCUT2D eigenvalue weighted by atomic mass is 16.5. The highest BCUT2D eigenvalue weighted by molar-refractivity contribution is 5.96. The third-order valence-corrected chi connectivity index (χ3v) is 5.18. The molecular formula is C24H27N5O6. The lowest BCUT2D eigenvalue weighted by molar-refractivity contribution is -0.120. The number of aromatic nitrogens is 2. The van der Waals surface area contributed by atoms with Gasteiger partial charge in [0.1, 0.15) is 11.6 Å². The summed E-state index contributed by atoms with van der Waals surface area (Å²) in [6, 6.07) is 15.1. The molecule has 0 aliphatic heterocycles. The molecule has 0 fully saturated rings. The molecule has 0 spiro atoms. The van der Waals surface area contributed by atoms with E-state index in [1.165, 1.54) is 28.7 Å². The van der Waals surface area contributed by atoms with Gasteiger partial charge in [0.15, 0.2) is 12.3 Å². The minimum atomic E-state index is -0.793. The van der Waals surface area contributed by atoms with E-state index in [0.717, 1.165) is 5.56 Å². The van der Waals surface area contributed by atoms with Crippen molar-refractivity contribution in [2.75, 3.05) is 37.5 Å². The van der Waals surface area contributed by atoms with Crippen LogP contribution in [0.4, 0.5) is 11.5 Å². The van der Waals surface area contributed by atoms with Crippen LogP contribution in [0.3, 0.4) is 0 Å². The first-order valence-corrected chi connectivity index (χ1v) is 10.8. The van der Waals surface area contributed by atoms with Gasteiger partial charge in [-0.2, -0.15) is 0 Å². The van der Waals surface area contributed by atoms with Crippen molar-refractivity contribution in [1.82, 2.24) is 9.55 Å². The summed E-state index contributed by atoms with van der Waals surface area (Å²) in [7, 11) is 1.52. The maximum absolute atomic E-state index is 13.2. The number of carbonyl (C=O) groups excluding carboxylic acids is 2. The Kier molecular flexibility index (Phi) is 8.41. The molecule has 0 unspecified atom stereocenters. The lowest BCUT2D eigenvalue weighted by Gasteiger charge is -2.24. The zero-order valence-electron chi connectivity index (χ0n) is 19.2. The molecule has 1 heterocycles. The molecule has 11 nitrogen and oxygen atoms in total. The van der Waals surface area contributed by atoms with Crippen molar-refractivity contribution in [2.45, 2.75) is 13.0 Å². The van der Waals surface area contributed by atoms with Crippen molar-refractivity contribution in [3.05, 3.63) is 86.6 Å². The van der Waals surface area contributed by atoms with Gasteiger partial charge in [-0.15, -0.1) is 0 Å².